The molecule has 0 aliphatic carbocycles. The number of unbranched alkanes of at least 4 members (excludes halogenated alkanes) is 1. The number of carbonyl (C=O) groups excluding carboxylic acids is 1. The first-order chi connectivity index (χ1) is 11.7. The quantitative estimate of drug-likeness (QED) is 0.647. The zero-order valence-corrected chi connectivity index (χ0v) is 15.0. The zero-order chi connectivity index (χ0) is 17.2. The number of hydrogen-bond donors (Lipinski definition) is 0. The fourth-order valence-corrected chi connectivity index (χ4v) is 3.63. The van der Waals surface area contributed by atoms with Crippen molar-refractivity contribution in [3.05, 3.63) is 35.9 Å². The molecule has 0 N–H and O–H groups in total. The summed E-state index contributed by atoms with van der Waals surface area (Å²) in [6.45, 7) is 5.38. The van der Waals surface area contributed by atoms with Crippen molar-refractivity contribution in [2.24, 2.45) is 11.8 Å². The van der Waals surface area contributed by atoms with Crippen LogP contribution in [-0.4, -0.2) is 38.6 Å². The van der Waals surface area contributed by atoms with Crippen LogP contribution in [0.4, 0.5) is 0 Å². The fourth-order valence-electron chi connectivity index (χ4n) is 3.63. The lowest BCUT2D eigenvalue weighted by molar-refractivity contribution is -0.139. The van der Waals surface area contributed by atoms with Crippen LogP contribution in [0.3, 0.4) is 0 Å². The van der Waals surface area contributed by atoms with Gasteiger partial charge in [0, 0.05) is 0 Å². The summed E-state index contributed by atoms with van der Waals surface area (Å²) in [6.07, 6.45) is 7.58. The summed E-state index contributed by atoms with van der Waals surface area (Å²) in [5, 5.41) is 0. The van der Waals surface area contributed by atoms with Crippen molar-refractivity contribution in [3.63, 3.8) is 0 Å². The van der Waals surface area contributed by atoms with E-state index >= 15 is 0 Å². The molecule has 0 spiro atoms. The van der Waals surface area contributed by atoms with E-state index in [-0.39, 0.29) is 11.9 Å². The molecule has 1 aliphatic heterocycles. The Labute approximate surface area is 148 Å². The van der Waals surface area contributed by atoms with Crippen LogP contribution in [0.25, 0.3) is 0 Å². The van der Waals surface area contributed by atoms with Crippen molar-refractivity contribution in [2.45, 2.75) is 51.9 Å². The SMILES string of the molecule is [B]OC(=O)C(CCCC)CCN1CCC(Cc2ccccc2)CC1. The van der Waals surface area contributed by atoms with Gasteiger partial charge in [-0.1, -0.05) is 50.1 Å². The van der Waals surface area contributed by atoms with Gasteiger partial charge in [-0.05, 0) is 63.2 Å². The average Bonchev–Trinajstić information content (AvgIpc) is 2.63. The van der Waals surface area contributed by atoms with Gasteiger partial charge in [0.15, 0.2) is 0 Å². The highest BCUT2D eigenvalue weighted by molar-refractivity contribution is 6.05. The number of likely N-dealkylation sites (tertiary alicyclic amines) is 1. The second kappa shape index (κ2) is 10.6. The molecule has 0 aromatic heterocycles. The first-order valence-electron chi connectivity index (χ1n) is 9.39. The molecule has 4 heteroatoms. The molecule has 1 aromatic carbocycles. The Bertz CT molecular complexity index is 472. The Balaban J connectivity index is 1.70. The number of piperidine rings is 1. The van der Waals surface area contributed by atoms with Crippen molar-refractivity contribution in [3.8, 4) is 0 Å². The van der Waals surface area contributed by atoms with E-state index in [0.29, 0.717) is 0 Å². The second-order valence-electron chi connectivity index (χ2n) is 7.04. The summed E-state index contributed by atoms with van der Waals surface area (Å²) >= 11 is 0. The molecule has 1 aromatic rings. The van der Waals surface area contributed by atoms with Crippen LogP contribution in [0.2, 0.25) is 0 Å². The highest BCUT2D eigenvalue weighted by Crippen LogP contribution is 2.23. The zero-order valence-electron chi connectivity index (χ0n) is 15.0. The summed E-state index contributed by atoms with van der Waals surface area (Å²) in [5.41, 5.74) is 1.45. The number of rotatable bonds is 9. The Kier molecular flexibility index (Phi) is 8.37. The summed E-state index contributed by atoms with van der Waals surface area (Å²) in [5.74, 6) is 0.493. The lowest BCUT2D eigenvalue weighted by atomic mass is 9.89. The van der Waals surface area contributed by atoms with Gasteiger partial charge in [0.25, 0.3) is 5.97 Å². The van der Waals surface area contributed by atoms with E-state index in [0.717, 1.165) is 51.2 Å². The first-order valence-corrected chi connectivity index (χ1v) is 9.39. The fraction of sp³-hybridized carbons (Fsp3) is 0.650. The maximum absolute atomic E-state index is 11.8. The topological polar surface area (TPSA) is 29.5 Å². The molecular weight excluding hydrogens is 297 g/mol. The standard InChI is InChI=1S/C20H30BNO2/c1-2-3-9-19(20(23)24-21)12-15-22-13-10-18(11-14-22)16-17-7-5-4-6-8-17/h4-8,18-19H,2-3,9-16H2,1H3. The molecule has 0 amide bonds. The Morgan fingerprint density at radius 3 is 2.58 bits per heavy atom. The molecule has 0 saturated carbocycles. The van der Waals surface area contributed by atoms with Crippen molar-refractivity contribution >= 4 is 14.0 Å². The molecule has 2 radical (unpaired) electrons. The summed E-state index contributed by atoms with van der Waals surface area (Å²) in [7, 11) is 5.08. The molecule has 3 nitrogen and oxygen atoms in total. The van der Waals surface area contributed by atoms with Crippen molar-refractivity contribution in [2.75, 3.05) is 19.6 Å². The first kappa shape index (κ1) is 19.0. The molecule has 1 heterocycles. The van der Waals surface area contributed by atoms with Gasteiger partial charge < -0.3 is 9.55 Å². The highest BCUT2D eigenvalue weighted by atomic mass is 16.5. The van der Waals surface area contributed by atoms with E-state index < -0.39 is 0 Å². The predicted octanol–water partition coefficient (Wildman–Crippen LogP) is 3.76. The minimum atomic E-state index is -0.248. The van der Waals surface area contributed by atoms with Gasteiger partial charge in [-0.3, -0.25) is 4.79 Å². The van der Waals surface area contributed by atoms with Crippen molar-refractivity contribution in [1.29, 1.82) is 0 Å². The van der Waals surface area contributed by atoms with Crippen molar-refractivity contribution < 1.29 is 9.45 Å². The van der Waals surface area contributed by atoms with Crippen LogP contribution in [0, 0.1) is 11.8 Å². The largest absolute Gasteiger partial charge is 0.543 e. The second-order valence-corrected chi connectivity index (χ2v) is 7.04. The third-order valence-electron chi connectivity index (χ3n) is 5.22. The molecule has 0 bridgehead atoms. The van der Waals surface area contributed by atoms with E-state index in [1.54, 1.807) is 0 Å². The molecule has 24 heavy (non-hydrogen) atoms. The van der Waals surface area contributed by atoms with E-state index in [2.05, 4.69) is 46.8 Å². The summed E-state index contributed by atoms with van der Waals surface area (Å²) in [4.78, 5) is 14.3. The Morgan fingerprint density at radius 2 is 1.96 bits per heavy atom. The maximum Gasteiger partial charge on any atom is 0.378 e. The third-order valence-corrected chi connectivity index (χ3v) is 5.22. The maximum atomic E-state index is 11.8. The minimum absolute atomic E-state index is 0.0445. The van der Waals surface area contributed by atoms with Gasteiger partial charge in [0.05, 0.1) is 5.92 Å². The highest BCUT2D eigenvalue weighted by Gasteiger charge is 2.22. The van der Waals surface area contributed by atoms with Crippen molar-refractivity contribution in [1.82, 2.24) is 4.90 Å². The van der Waals surface area contributed by atoms with Crippen LogP contribution in [0.1, 0.15) is 51.0 Å². The van der Waals surface area contributed by atoms with E-state index in [4.69, 9.17) is 8.05 Å². The van der Waals surface area contributed by atoms with Crippen LogP contribution in [-0.2, 0) is 15.9 Å². The van der Waals surface area contributed by atoms with Crippen LogP contribution >= 0.6 is 0 Å². The van der Waals surface area contributed by atoms with Crippen LogP contribution in [0.5, 0.6) is 0 Å². The average molecular weight is 327 g/mol. The smallest absolute Gasteiger partial charge is 0.378 e. The van der Waals surface area contributed by atoms with Crippen LogP contribution < -0.4 is 0 Å². The lowest BCUT2D eigenvalue weighted by Crippen LogP contribution is -2.36. The molecule has 1 fully saturated rings. The predicted molar refractivity (Wildman–Crippen MR) is 98.8 cm³/mol. The molecule has 1 unspecified atom stereocenters. The molecule has 130 valence electrons. The Hall–Kier alpha value is -1.29. The third kappa shape index (κ3) is 6.31. The molecular formula is C20H30BNO2. The van der Waals surface area contributed by atoms with E-state index in [9.17, 15) is 4.79 Å². The number of hydrogen-bond acceptors (Lipinski definition) is 3. The number of nitrogens with zero attached hydrogens (tertiary/aromatic N) is 1. The van der Waals surface area contributed by atoms with Crippen LogP contribution in [0.15, 0.2) is 30.3 Å². The Morgan fingerprint density at radius 1 is 1.25 bits per heavy atom. The monoisotopic (exact) mass is 327 g/mol. The summed E-state index contributed by atoms with van der Waals surface area (Å²) < 4.78 is 4.48. The van der Waals surface area contributed by atoms with Gasteiger partial charge in [-0.25, -0.2) is 0 Å². The number of carbonyl (C=O) groups is 1. The van der Waals surface area contributed by atoms with Gasteiger partial charge in [0.2, 0.25) is 0 Å². The van der Waals surface area contributed by atoms with Gasteiger partial charge in [-0.2, -0.15) is 0 Å². The van der Waals surface area contributed by atoms with E-state index in [1.165, 1.54) is 24.8 Å². The van der Waals surface area contributed by atoms with Gasteiger partial charge >= 0.3 is 8.05 Å². The van der Waals surface area contributed by atoms with E-state index in [1.807, 2.05) is 0 Å². The minimum Gasteiger partial charge on any atom is -0.543 e. The number of benzene rings is 1. The lowest BCUT2D eigenvalue weighted by Gasteiger charge is -2.32. The molecule has 1 atom stereocenters. The van der Waals surface area contributed by atoms with Gasteiger partial charge in [-0.15, -0.1) is 0 Å². The normalized spacial score (nSPS) is 17.5. The molecule has 1 aliphatic rings. The molecule has 2 rings (SSSR count). The molecule has 1 saturated heterocycles. The van der Waals surface area contributed by atoms with Gasteiger partial charge in [0.1, 0.15) is 0 Å². The summed E-state index contributed by atoms with van der Waals surface area (Å²) in [6, 6.07) is 10.8.